The highest BCUT2D eigenvalue weighted by Crippen LogP contribution is 2.25. The summed E-state index contributed by atoms with van der Waals surface area (Å²) < 4.78 is 13.3. The van der Waals surface area contributed by atoms with Crippen LogP contribution in [0.15, 0.2) is 29.6 Å². The van der Waals surface area contributed by atoms with Gasteiger partial charge >= 0.3 is 5.97 Å². The van der Waals surface area contributed by atoms with Gasteiger partial charge in [0.05, 0.1) is 11.4 Å². The summed E-state index contributed by atoms with van der Waals surface area (Å²) in [6.45, 7) is 0.561. The Morgan fingerprint density at radius 1 is 1.42 bits per heavy atom. The second kappa shape index (κ2) is 5.71. The Morgan fingerprint density at radius 2 is 2.21 bits per heavy atom. The number of carboxylic acid groups (broad SMARTS) is 1. The largest absolute Gasteiger partial charge is 0.478 e. The molecule has 6 heteroatoms. The Bertz CT molecular complexity index is 585. The number of nitrogens with two attached hydrogens (primary N) is 1. The van der Waals surface area contributed by atoms with Crippen molar-refractivity contribution in [2.75, 3.05) is 17.6 Å². The number of halogens is 1. The minimum atomic E-state index is -1.24. The van der Waals surface area contributed by atoms with Gasteiger partial charge in [0.1, 0.15) is 11.4 Å². The zero-order valence-electron chi connectivity index (χ0n) is 10.0. The average Bonchev–Trinajstić information content (AvgIpc) is 2.86. The summed E-state index contributed by atoms with van der Waals surface area (Å²) in [6, 6.07) is 6.51. The van der Waals surface area contributed by atoms with Crippen molar-refractivity contribution in [1.29, 1.82) is 0 Å². The first-order valence-corrected chi connectivity index (χ1v) is 6.55. The summed E-state index contributed by atoms with van der Waals surface area (Å²) in [4.78, 5) is 12.3. The molecule has 4 N–H and O–H groups in total. The number of carboxylic acids is 1. The fourth-order valence-electron chi connectivity index (χ4n) is 1.75. The van der Waals surface area contributed by atoms with E-state index in [1.165, 1.54) is 10.9 Å². The highest BCUT2D eigenvalue weighted by atomic mass is 32.1. The molecule has 0 radical (unpaired) electrons. The fraction of sp³-hybridized carbons (Fsp3) is 0.154. The quantitative estimate of drug-likeness (QED) is 0.736. The van der Waals surface area contributed by atoms with Crippen molar-refractivity contribution in [2.24, 2.45) is 0 Å². The number of anilines is 2. The third-order valence-corrected chi connectivity index (χ3v) is 3.61. The van der Waals surface area contributed by atoms with Crippen LogP contribution in [0.5, 0.6) is 0 Å². The van der Waals surface area contributed by atoms with E-state index in [2.05, 4.69) is 5.32 Å². The molecule has 19 heavy (non-hydrogen) atoms. The van der Waals surface area contributed by atoms with Crippen LogP contribution in [0.2, 0.25) is 0 Å². The van der Waals surface area contributed by atoms with Crippen molar-refractivity contribution in [2.45, 2.75) is 6.42 Å². The summed E-state index contributed by atoms with van der Waals surface area (Å²) in [5.74, 6) is -1.96. The molecule has 100 valence electrons. The Labute approximate surface area is 113 Å². The van der Waals surface area contributed by atoms with Crippen molar-refractivity contribution in [3.05, 3.63) is 45.9 Å². The van der Waals surface area contributed by atoms with Gasteiger partial charge in [-0.05, 0) is 30.0 Å². The van der Waals surface area contributed by atoms with Gasteiger partial charge in [0.25, 0.3) is 0 Å². The molecule has 0 spiro atoms. The van der Waals surface area contributed by atoms with Crippen LogP contribution in [0.4, 0.5) is 15.8 Å². The van der Waals surface area contributed by atoms with Gasteiger partial charge in [0.15, 0.2) is 0 Å². The van der Waals surface area contributed by atoms with E-state index < -0.39 is 11.8 Å². The maximum Gasteiger partial charge on any atom is 0.340 e. The van der Waals surface area contributed by atoms with Gasteiger partial charge in [-0.15, -0.1) is 11.3 Å². The van der Waals surface area contributed by atoms with Crippen LogP contribution in [-0.2, 0) is 6.42 Å². The highest BCUT2D eigenvalue weighted by Gasteiger charge is 2.17. The van der Waals surface area contributed by atoms with Crippen LogP contribution in [0.25, 0.3) is 0 Å². The van der Waals surface area contributed by atoms with Gasteiger partial charge < -0.3 is 16.2 Å². The molecule has 0 amide bonds. The van der Waals surface area contributed by atoms with E-state index in [0.29, 0.717) is 12.2 Å². The maximum absolute atomic E-state index is 13.3. The number of rotatable bonds is 5. The van der Waals surface area contributed by atoms with Crippen molar-refractivity contribution >= 4 is 28.7 Å². The van der Waals surface area contributed by atoms with Crippen LogP contribution >= 0.6 is 11.3 Å². The third-order valence-electron chi connectivity index (χ3n) is 2.67. The van der Waals surface area contributed by atoms with Crippen LogP contribution in [0.1, 0.15) is 15.2 Å². The number of nitrogens with one attached hydrogen (secondary N) is 1. The predicted molar refractivity (Wildman–Crippen MR) is 74.3 cm³/mol. The van der Waals surface area contributed by atoms with E-state index in [-0.39, 0.29) is 11.3 Å². The van der Waals surface area contributed by atoms with Crippen LogP contribution in [-0.4, -0.2) is 17.6 Å². The first-order valence-electron chi connectivity index (χ1n) is 5.67. The van der Waals surface area contributed by atoms with Crippen molar-refractivity contribution in [1.82, 2.24) is 0 Å². The SMILES string of the molecule is Nc1c(F)ccc(NCCc2cccs2)c1C(=O)O. The van der Waals surface area contributed by atoms with Gasteiger partial charge in [-0.3, -0.25) is 0 Å². The van der Waals surface area contributed by atoms with Crippen molar-refractivity contribution in [3.63, 3.8) is 0 Å². The first-order chi connectivity index (χ1) is 9.09. The number of benzene rings is 1. The number of hydrogen-bond donors (Lipinski definition) is 3. The van der Waals surface area contributed by atoms with Crippen molar-refractivity contribution < 1.29 is 14.3 Å². The fourth-order valence-corrected chi connectivity index (χ4v) is 2.46. The minimum Gasteiger partial charge on any atom is -0.478 e. The monoisotopic (exact) mass is 280 g/mol. The third kappa shape index (κ3) is 3.03. The number of aromatic carboxylic acids is 1. The van der Waals surface area contributed by atoms with E-state index >= 15 is 0 Å². The molecule has 4 nitrogen and oxygen atoms in total. The number of carbonyl (C=O) groups is 1. The lowest BCUT2D eigenvalue weighted by Crippen LogP contribution is -2.12. The molecule has 0 saturated carbocycles. The Balaban J connectivity index is 2.11. The second-order valence-electron chi connectivity index (χ2n) is 3.94. The first kappa shape index (κ1) is 13.4. The lowest BCUT2D eigenvalue weighted by Gasteiger charge is -2.11. The molecular formula is C13H13FN2O2S. The summed E-state index contributed by atoms with van der Waals surface area (Å²) in [5, 5.41) is 14.0. The van der Waals surface area contributed by atoms with Gasteiger partial charge in [-0.2, -0.15) is 0 Å². The molecule has 0 unspecified atom stereocenters. The molecule has 0 saturated heterocycles. The number of nitrogen functional groups attached to an aromatic ring is 1. The van der Waals surface area contributed by atoms with E-state index in [9.17, 15) is 9.18 Å². The lowest BCUT2D eigenvalue weighted by atomic mass is 10.1. The molecule has 0 atom stereocenters. The van der Waals surface area contributed by atoms with Crippen LogP contribution in [0, 0.1) is 5.82 Å². The Kier molecular flexibility index (Phi) is 4.01. The average molecular weight is 280 g/mol. The predicted octanol–water partition coefficient (Wildman–Crippen LogP) is 2.82. The van der Waals surface area contributed by atoms with Crippen LogP contribution in [0.3, 0.4) is 0 Å². The summed E-state index contributed by atoms with van der Waals surface area (Å²) in [5.41, 5.74) is 5.24. The molecule has 0 bridgehead atoms. The molecule has 0 aliphatic rings. The highest BCUT2D eigenvalue weighted by molar-refractivity contribution is 7.09. The zero-order chi connectivity index (χ0) is 13.8. The van der Waals surface area contributed by atoms with Gasteiger partial charge in [0.2, 0.25) is 0 Å². The summed E-state index contributed by atoms with van der Waals surface area (Å²) >= 11 is 1.63. The summed E-state index contributed by atoms with van der Waals surface area (Å²) in [6.07, 6.45) is 0.772. The normalized spacial score (nSPS) is 10.4. The number of hydrogen-bond acceptors (Lipinski definition) is 4. The maximum atomic E-state index is 13.3. The summed E-state index contributed by atoms with van der Waals surface area (Å²) in [7, 11) is 0. The van der Waals surface area contributed by atoms with Crippen molar-refractivity contribution in [3.8, 4) is 0 Å². The lowest BCUT2D eigenvalue weighted by molar-refractivity contribution is 0.0698. The van der Waals surface area contributed by atoms with E-state index in [1.54, 1.807) is 11.3 Å². The topological polar surface area (TPSA) is 75.3 Å². The molecule has 0 aliphatic heterocycles. The molecule has 1 aromatic heterocycles. The molecule has 0 aliphatic carbocycles. The van der Waals surface area contributed by atoms with Gasteiger partial charge in [-0.25, -0.2) is 9.18 Å². The molecule has 2 aromatic rings. The zero-order valence-corrected chi connectivity index (χ0v) is 10.8. The molecule has 1 heterocycles. The minimum absolute atomic E-state index is 0.217. The molecule has 2 rings (SSSR count). The Hall–Kier alpha value is -2.08. The molecule has 1 aromatic carbocycles. The molecule has 0 fully saturated rings. The van der Waals surface area contributed by atoms with Gasteiger partial charge in [0, 0.05) is 11.4 Å². The molecular weight excluding hydrogens is 267 g/mol. The second-order valence-corrected chi connectivity index (χ2v) is 4.98. The standard InChI is InChI=1S/C13H13FN2O2S/c14-9-3-4-10(11(12(9)15)13(17)18)16-6-5-8-2-1-7-19-8/h1-4,7,16H,5-6,15H2,(H,17,18). The van der Waals surface area contributed by atoms with E-state index in [1.807, 2.05) is 17.5 Å². The Morgan fingerprint density at radius 3 is 2.84 bits per heavy atom. The van der Waals surface area contributed by atoms with Gasteiger partial charge in [-0.1, -0.05) is 6.07 Å². The smallest absolute Gasteiger partial charge is 0.340 e. The van der Waals surface area contributed by atoms with E-state index in [4.69, 9.17) is 10.8 Å². The van der Waals surface area contributed by atoms with Crippen LogP contribution < -0.4 is 11.1 Å². The number of thiophene rings is 1. The van der Waals surface area contributed by atoms with E-state index in [0.717, 1.165) is 12.5 Å².